The van der Waals surface area contributed by atoms with Crippen LogP contribution in [-0.2, 0) is 9.53 Å². The minimum absolute atomic E-state index is 0.0780. The molecule has 2 fully saturated rings. The summed E-state index contributed by atoms with van der Waals surface area (Å²) < 4.78 is 5.95. The first-order valence-electron chi connectivity index (χ1n) is 6.22. The molecule has 3 heterocycles. The van der Waals surface area contributed by atoms with E-state index in [9.17, 15) is 9.90 Å². The SMILES string of the molecule is CC1=CC2(C)OC3C(C(=O)N(C)C3O)C2N=C1C. The van der Waals surface area contributed by atoms with E-state index in [0.29, 0.717) is 0 Å². The smallest absolute Gasteiger partial charge is 0.232 e. The van der Waals surface area contributed by atoms with E-state index in [0.717, 1.165) is 11.3 Å². The van der Waals surface area contributed by atoms with Crippen molar-refractivity contribution in [2.75, 3.05) is 7.05 Å². The van der Waals surface area contributed by atoms with Crippen LogP contribution < -0.4 is 0 Å². The van der Waals surface area contributed by atoms with Crippen molar-refractivity contribution in [3.63, 3.8) is 0 Å². The van der Waals surface area contributed by atoms with E-state index < -0.39 is 17.9 Å². The van der Waals surface area contributed by atoms with E-state index in [2.05, 4.69) is 4.99 Å². The fourth-order valence-electron chi connectivity index (χ4n) is 3.25. The number of aliphatic hydroxyl groups is 1. The molecule has 5 heteroatoms. The van der Waals surface area contributed by atoms with Crippen LogP contribution in [0.4, 0.5) is 0 Å². The van der Waals surface area contributed by atoms with Gasteiger partial charge in [0.05, 0.1) is 12.0 Å². The molecule has 0 saturated carbocycles. The lowest BCUT2D eigenvalue weighted by molar-refractivity contribution is -0.137. The predicted octanol–water partition coefficient (Wildman–Crippen LogP) is 0.340. The number of ether oxygens (including phenoxy) is 1. The van der Waals surface area contributed by atoms with Gasteiger partial charge in [0, 0.05) is 12.8 Å². The van der Waals surface area contributed by atoms with Crippen LogP contribution in [0.1, 0.15) is 20.8 Å². The average Bonchev–Trinajstić information content (AvgIpc) is 2.69. The molecule has 0 spiro atoms. The minimum Gasteiger partial charge on any atom is -0.371 e. The lowest BCUT2D eigenvalue weighted by Crippen LogP contribution is -2.44. The zero-order valence-electron chi connectivity index (χ0n) is 11.0. The van der Waals surface area contributed by atoms with E-state index >= 15 is 0 Å². The number of amides is 1. The van der Waals surface area contributed by atoms with Crippen molar-refractivity contribution < 1.29 is 14.6 Å². The molecule has 0 radical (unpaired) electrons. The molecule has 0 bridgehead atoms. The predicted molar refractivity (Wildman–Crippen MR) is 66.2 cm³/mol. The van der Waals surface area contributed by atoms with Crippen molar-refractivity contribution in [1.29, 1.82) is 0 Å². The largest absolute Gasteiger partial charge is 0.371 e. The van der Waals surface area contributed by atoms with Gasteiger partial charge in [0.1, 0.15) is 11.7 Å². The molecule has 0 aromatic heterocycles. The van der Waals surface area contributed by atoms with Crippen LogP contribution in [-0.4, -0.2) is 52.6 Å². The third-order valence-corrected chi connectivity index (χ3v) is 4.40. The Morgan fingerprint density at radius 2 is 2.17 bits per heavy atom. The summed E-state index contributed by atoms with van der Waals surface area (Å²) in [7, 11) is 1.60. The molecule has 0 aromatic carbocycles. The monoisotopic (exact) mass is 250 g/mol. The minimum atomic E-state index is -0.867. The normalized spacial score (nSPS) is 46.7. The van der Waals surface area contributed by atoms with E-state index in [1.165, 1.54) is 4.90 Å². The number of aliphatic imine (C=N–C) groups is 1. The summed E-state index contributed by atoms with van der Waals surface area (Å²) in [4.78, 5) is 18.2. The molecular formula is C13H18N2O3. The average molecular weight is 250 g/mol. The fraction of sp³-hybridized carbons (Fsp3) is 0.692. The number of carbonyl (C=O) groups excluding carboxylic acids is 1. The second-order valence-corrected chi connectivity index (χ2v) is 5.64. The Labute approximate surface area is 106 Å². The molecule has 0 aliphatic carbocycles. The van der Waals surface area contributed by atoms with E-state index in [4.69, 9.17) is 4.74 Å². The van der Waals surface area contributed by atoms with Crippen LogP contribution in [0.5, 0.6) is 0 Å². The number of rotatable bonds is 0. The summed E-state index contributed by atoms with van der Waals surface area (Å²) in [6.07, 6.45) is 0.684. The molecule has 2 saturated heterocycles. The van der Waals surface area contributed by atoms with Gasteiger partial charge in [0.2, 0.25) is 5.91 Å². The summed E-state index contributed by atoms with van der Waals surface area (Å²) in [5.41, 5.74) is 1.44. The Morgan fingerprint density at radius 1 is 1.50 bits per heavy atom. The molecule has 98 valence electrons. The first-order chi connectivity index (χ1) is 8.35. The van der Waals surface area contributed by atoms with Gasteiger partial charge in [0.25, 0.3) is 0 Å². The van der Waals surface area contributed by atoms with Gasteiger partial charge in [-0.15, -0.1) is 0 Å². The Kier molecular flexibility index (Phi) is 2.26. The van der Waals surface area contributed by atoms with Gasteiger partial charge in [-0.25, -0.2) is 0 Å². The molecule has 3 aliphatic rings. The summed E-state index contributed by atoms with van der Waals surface area (Å²) in [5.74, 6) is -0.444. The van der Waals surface area contributed by atoms with Crippen LogP contribution >= 0.6 is 0 Å². The highest BCUT2D eigenvalue weighted by atomic mass is 16.5. The van der Waals surface area contributed by atoms with Gasteiger partial charge in [-0.3, -0.25) is 9.79 Å². The van der Waals surface area contributed by atoms with Crippen molar-refractivity contribution >= 4 is 11.6 Å². The molecule has 18 heavy (non-hydrogen) atoms. The van der Waals surface area contributed by atoms with Crippen molar-refractivity contribution in [3.05, 3.63) is 11.6 Å². The number of nitrogens with zero attached hydrogens (tertiary/aromatic N) is 2. The number of aliphatic hydroxyl groups excluding tert-OH is 1. The number of hydrogen-bond acceptors (Lipinski definition) is 4. The van der Waals surface area contributed by atoms with Gasteiger partial charge < -0.3 is 14.7 Å². The fourth-order valence-corrected chi connectivity index (χ4v) is 3.25. The molecule has 5 atom stereocenters. The van der Waals surface area contributed by atoms with Crippen LogP contribution in [0.3, 0.4) is 0 Å². The topological polar surface area (TPSA) is 62.1 Å². The van der Waals surface area contributed by atoms with Crippen LogP contribution in [0.15, 0.2) is 16.6 Å². The molecule has 3 aliphatic heterocycles. The molecule has 5 unspecified atom stereocenters. The van der Waals surface area contributed by atoms with Crippen molar-refractivity contribution in [3.8, 4) is 0 Å². The summed E-state index contributed by atoms with van der Waals surface area (Å²) in [6.45, 7) is 5.87. The number of likely N-dealkylation sites (tertiary alicyclic amines) is 1. The maximum Gasteiger partial charge on any atom is 0.232 e. The number of likely N-dealkylation sites (N-methyl/N-ethyl adjacent to an activating group) is 1. The number of fused-ring (bicyclic) bond motifs is 3. The highest BCUT2D eigenvalue weighted by Crippen LogP contribution is 2.46. The van der Waals surface area contributed by atoms with E-state index in [-0.39, 0.29) is 17.9 Å². The Balaban J connectivity index is 2.05. The summed E-state index contributed by atoms with van der Waals surface area (Å²) in [6, 6.07) is -0.224. The Bertz CT molecular complexity index is 485. The number of allylic oxidation sites excluding steroid dienone is 1. The highest BCUT2D eigenvalue weighted by molar-refractivity contribution is 5.99. The second kappa shape index (κ2) is 3.42. The first-order valence-corrected chi connectivity index (χ1v) is 6.22. The third kappa shape index (κ3) is 1.29. The molecule has 1 N–H and O–H groups in total. The maximum atomic E-state index is 12.2. The highest BCUT2D eigenvalue weighted by Gasteiger charge is 2.62. The molecule has 1 amide bonds. The lowest BCUT2D eigenvalue weighted by atomic mass is 9.84. The first kappa shape index (κ1) is 11.9. The van der Waals surface area contributed by atoms with Gasteiger partial charge in [-0.05, 0) is 32.4 Å². The van der Waals surface area contributed by atoms with Gasteiger partial charge in [0.15, 0.2) is 6.23 Å². The third-order valence-electron chi connectivity index (χ3n) is 4.40. The quantitative estimate of drug-likeness (QED) is 0.674. The van der Waals surface area contributed by atoms with Gasteiger partial charge in [-0.2, -0.15) is 0 Å². The number of dihydropyridines is 1. The van der Waals surface area contributed by atoms with Gasteiger partial charge >= 0.3 is 0 Å². The molecule has 0 aromatic rings. The van der Waals surface area contributed by atoms with Gasteiger partial charge in [-0.1, -0.05) is 0 Å². The van der Waals surface area contributed by atoms with Crippen LogP contribution in [0.2, 0.25) is 0 Å². The number of hydrogen-bond donors (Lipinski definition) is 1. The Morgan fingerprint density at radius 3 is 2.83 bits per heavy atom. The van der Waals surface area contributed by atoms with Crippen LogP contribution in [0, 0.1) is 5.92 Å². The maximum absolute atomic E-state index is 12.2. The number of carbonyl (C=O) groups is 1. The second-order valence-electron chi connectivity index (χ2n) is 5.64. The van der Waals surface area contributed by atoms with Crippen molar-refractivity contribution in [2.24, 2.45) is 10.9 Å². The van der Waals surface area contributed by atoms with E-state index in [1.807, 2.05) is 26.8 Å². The Hall–Kier alpha value is -1.20. The zero-order chi connectivity index (χ0) is 13.2. The molecular weight excluding hydrogens is 232 g/mol. The standard InChI is InChI=1S/C13H18N2O3/c1-6-5-13(3)10(14-7(6)2)8-9(18-13)12(17)15(4)11(8)16/h5,8-10,12,17H,1-4H3. The zero-order valence-corrected chi connectivity index (χ0v) is 11.0. The van der Waals surface area contributed by atoms with Crippen molar-refractivity contribution in [2.45, 2.75) is 44.7 Å². The molecule has 5 nitrogen and oxygen atoms in total. The summed E-state index contributed by atoms with van der Waals surface area (Å²) >= 11 is 0. The summed E-state index contributed by atoms with van der Waals surface area (Å²) in [5, 5.41) is 10.0. The lowest BCUT2D eigenvalue weighted by Gasteiger charge is -2.33. The van der Waals surface area contributed by atoms with Crippen LogP contribution in [0.25, 0.3) is 0 Å². The van der Waals surface area contributed by atoms with E-state index in [1.54, 1.807) is 7.05 Å². The van der Waals surface area contributed by atoms with Crippen molar-refractivity contribution in [1.82, 2.24) is 4.90 Å². The molecule has 3 rings (SSSR count).